The van der Waals surface area contributed by atoms with E-state index in [1.807, 2.05) is 31.1 Å². The Morgan fingerprint density at radius 2 is 2.38 bits per heavy atom. The first-order chi connectivity index (χ1) is 10.2. The Kier molecular flexibility index (Phi) is 3.77. The van der Waals surface area contributed by atoms with Crippen molar-refractivity contribution in [2.24, 2.45) is 0 Å². The van der Waals surface area contributed by atoms with Gasteiger partial charge in [0.15, 0.2) is 0 Å². The van der Waals surface area contributed by atoms with Gasteiger partial charge in [0, 0.05) is 31.2 Å². The molecule has 2 aromatic heterocycles. The average Bonchev–Trinajstić information content (AvgIpc) is 3.15. The molecule has 2 aromatic rings. The maximum atomic E-state index is 12.7. The van der Waals surface area contributed by atoms with Crippen LogP contribution in [0.2, 0.25) is 0 Å². The number of imidazole rings is 1. The van der Waals surface area contributed by atoms with Crippen LogP contribution in [0.15, 0.2) is 18.6 Å². The number of carbonyl (C=O) groups is 1. The van der Waals surface area contributed by atoms with Crippen LogP contribution in [0.1, 0.15) is 47.7 Å². The minimum atomic E-state index is 0.0862. The molecule has 0 aromatic carbocycles. The molecule has 1 saturated heterocycles. The molecule has 6 nitrogen and oxygen atoms in total. The minimum absolute atomic E-state index is 0.0862. The molecule has 112 valence electrons. The summed E-state index contributed by atoms with van der Waals surface area (Å²) in [6, 6.07) is 0.321. The summed E-state index contributed by atoms with van der Waals surface area (Å²) in [5, 5.41) is 6.91. The van der Waals surface area contributed by atoms with Crippen LogP contribution in [0.5, 0.6) is 0 Å². The topological polar surface area (TPSA) is 66.8 Å². The lowest BCUT2D eigenvalue weighted by Gasteiger charge is -2.34. The standard InChI is InChI=1S/C15H21N5O/c1-3-14-13(9-17-18-14)15(21)19-7-4-5-12(10-19)20-8-6-16-11(20)2/h6,8-9,12H,3-5,7,10H2,1-2H3,(H,17,18). The van der Waals surface area contributed by atoms with Crippen molar-refractivity contribution in [3.8, 4) is 0 Å². The number of aryl methyl sites for hydroxylation is 2. The Labute approximate surface area is 124 Å². The van der Waals surface area contributed by atoms with E-state index in [2.05, 4.69) is 19.7 Å². The van der Waals surface area contributed by atoms with Crippen LogP contribution in [0.25, 0.3) is 0 Å². The van der Waals surface area contributed by atoms with Crippen molar-refractivity contribution in [1.82, 2.24) is 24.6 Å². The normalized spacial score (nSPS) is 19.0. The smallest absolute Gasteiger partial charge is 0.257 e. The van der Waals surface area contributed by atoms with Gasteiger partial charge in [-0.25, -0.2) is 4.98 Å². The molecule has 3 heterocycles. The molecular weight excluding hydrogens is 266 g/mol. The Hall–Kier alpha value is -2.11. The molecule has 0 bridgehead atoms. The summed E-state index contributed by atoms with van der Waals surface area (Å²) in [6.07, 6.45) is 8.37. The monoisotopic (exact) mass is 287 g/mol. The van der Waals surface area contributed by atoms with Crippen LogP contribution in [0.3, 0.4) is 0 Å². The molecule has 1 unspecified atom stereocenters. The number of H-pyrrole nitrogens is 1. The van der Waals surface area contributed by atoms with Crippen molar-refractivity contribution in [3.05, 3.63) is 35.7 Å². The summed E-state index contributed by atoms with van der Waals surface area (Å²) < 4.78 is 2.18. The van der Waals surface area contributed by atoms with Gasteiger partial charge < -0.3 is 9.47 Å². The minimum Gasteiger partial charge on any atom is -0.336 e. The zero-order valence-corrected chi connectivity index (χ0v) is 12.5. The molecule has 0 saturated carbocycles. The number of rotatable bonds is 3. The number of nitrogens with one attached hydrogen (secondary N) is 1. The molecule has 6 heteroatoms. The molecule has 1 aliphatic rings. The number of aromatic nitrogens is 4. The van der Waals surface area contributed by atoms with E-state index in [0.29, 0.717) is 11.6 Å². The highest BCUT2D eigenvalue weighted by molar-refractivity contribution is 5.95. The van der Waals surface area contributed by atoms with Crippen LogP contribution < -0.4 is 0 Å². The number of carbonyl (C=O) groups excluding carboxylic acids is 1. The van der Waals surface area contributed by atoms with Gasteiger partial charge in [-0.2, -0.15) is 5.10 Å². The third kappa shape index (κ3) is 2.57. The molecule has 1 aliphatic heterocycles. The van der Waals surface area contributed by atoms with E-state index in [4.69, 9.17) is 0 Å². The van der Waals surface area contributed by atoms with Gasteiger partial charge in [-0.1, -0.05) is 6.92 Å². The van der Waals surface area contributed by atoms with Gasteiger partial charge in [-0.3, -0.25) is 9.89 Å². The fourth-order valence-corrected chi connectivity index (χ4v) is 3.08. The largest absolute Gasteiger partial charge is 0.336 e. The first-order valence-corrected chi connectivity index (χ1v) is 7.51. The van der Waals surface area contributed by atoms with Crippen LogP contribution in [0, 0.1) is 6.92 Å². The van der Waals surface area contributed by atoms with Gasteiger partial charge in [0.2, 0.25) is 0 Å². The Morgan fingerprint density at radius 1 is 1.52 bits per heavy atom. The lowest BCUT2D eigenvalue weighted by atomic mass is 10.0. The Morgan fingerprint density at radius 3 is 3.10 bits per heavy atom. The zero-order valence-electron chi connectivity index (χ0n) is 12.5. The SMILES string of the molecule is CCc1[nH]ncc1C(=O)N1CCCC(n2ccnc2C)C1. The maximum Gasteiger partial charge on any atom is 0.257 e. The number of amides is 1. The molecule has 0 spiro atoms. The third-order valence-electron chi connectivity index (χ3n) is 4.24. The van der Waals surface area contributed by atoms with Crippen molar-refractivity contribution < 1.29 is 4.79 Å². The quantitative estimate of drug-likeness (QED) is 0.938. The van der Waals surface area contributed by atoms with E-state index in [0.717, 1.165) is 43.9 Å². The van der Waals surface area contributed by atoms with Crippen LogP contribution in [0.4, 0.5) is 0 Å². The predicted molar refractivity (Wildman–Crippen MR) is 79.1 cm³/mol. The van der Waals surface area contributed by atoms with Crippen molar-refractivity contribution in [1.29, 1.82) is 0 Å². The van der Waals surface area contributed by atoms with Crippen molar-refractivity contribution in [2.75, 3.05) is 13.1 Å². The van der Waals surface area contributed by atoms with Crippen molar-refractivity contribution >= 4 is 5.91 Å². The van der Waals surface area contributed by atoms with Crippen LogP contribution in [-0.4, -0.2) is 43.6 Å². The molecule has 1 fully saturated rings. The van der Waals surface area contributed by atoms with E-state index in [1.54, 1.807) is 6.20 Å². The fourth-order valence-electron chi connectivity index (χ4n) is 3.08. The summed E-state index contributed by atoms with van der Waals surface area (Å²) in [7, 11) is 0. The molecule has 0 radical (unpaired) electrons. The molecule has 1 atom stereocenters. The second-order valence-corrected chi connectivity index (χ2v) is 5.54. The number of hydrogen-bond donors (Lipinski definition) is 1. The van der Waals surface area contributed by atoms with E-state index in [-0.39, 0.29) is 5.91 Å². The molecule has 1 N–H and O–H groups in total. The van der Waals surface area contributed by atoms with Crippen molar-refractivity contribution in [3.63, 3.8) is 0 Å². The van der Waals surface area contributed by atoms with E-state index >= 15 is 0 Å². The number of likely N-dealkylation sites (tertiary alicyclic amines) is 1. The van der Waals surface area contributed by atoms with Crippen LogP contribution >= 0.6 is 0 Å². The van der Waals surface area contributed by atoms with Gasteiger partial charge in [-0.05, 0) is 26.2 Å². The summed E-state index contributed by atoms with van der Waals surface area (Å²) >= 11 is 0. The predicted octanol–water partition coefficient (Wildman–Crippen LogP) is 1.95. The first-order valence-electron chi connectivity index (χ1n) is 7.51. The number of nitrogens with zero attached hydrogens (tertiary/aromatic N) is 4. The van der Waals surface area contributed by atoms with Gasteiger partial charge in [0.05, 0.1) is 17.8 Å². The molecule has 0 aliphatic carbocycles. The van der Waals surface area contributed by atoms with Crippen molar-refractivity contribution in [2.45, 2.75) is 39.2 Å². The third-order valence-corrected chi connectivity index (χ3v) is 4.24. The highest BCUT2D eigenvalue weighted by Gasteiger charge is 2.27. The summed E-state index contributed by atoms with van der Waals surface area (Å²) in [6.45, 7) is 5.59. The highest BCUT2D eigenvalue weighted by Crippen LogP contribution is 2.24. The maximum absolute atomic E-state index is 12.7. The lowest BCUT2D eigenvalue weighted by Crippen LogP contribution is -2.41. The Bertz CT molecular complexity index is 630. The molecule has 3 rings (SSSR count). The second kappa shape index (κ2) is 5.71. The first kappa shape index (κ1) is 13.9. The van der Waals surface area contributed by atoms with E-state index in [9.17, 15) is 4.79 Å². The summed E-state index contributed by atoms with van der Waals surface area (Å²) in [4.78, 5) is 18.9. The molecule has 1 amide bonds. The van der Waals surface area contributed by atoms with Gasteiger partial charge in [0.1, 0.15) is 5.82 Å². The zero-order chi connectivity index (χ0) is 14.8. The number of piperidine rings is 1. The lowest BCUT2D eigenvalue weighted by molar-refractivity contribution is 0.0677. The average molecular weight is 287 g/mol. The molecular formula is C15H21N5O. The Balaban J connectivity index is 1.77. The van der Waals surface area contributed by atoms with Crippen LogP contribution in [-0.2, 0) is 6.42 Å². The van der Waals surface area contributed by atoms with E-state index in [1.165, 1.54) is 0 Å². The van der Waals surface area contributed by atoms with Gasteiger partial charge >= 0.3 is 0 Å². The molecule has 21 heavy (non-hydrogen) atoms. The summed E-state index contributed by atoms with van der Waals surface area (Å²) in [5.74, 6) is 1.09. The highest BCUT2D eigenvalue weighted by atomic mass is 16.2. The fraction of sp³-hybridized carbons (Fsp3) is 0.533. The second-order valence-electron chi connectivity index (χ2n) is 5.54. The summed E-state index contributed by atoms with van der Waals surface area (Å²) in [5.41, 5.74) is 1.63. The number of aromatic amines is 1. The van der Waals surface area contributed by atoms with Gasteiger partial charge in [0.25, 0.3) is 5.91 Å². The van der Waals surface area contributed by atoms with Gasteiger partial charge in [-0.15, -0.1) is 0 Å². The van der Waals surface area contributed by atoms with E-state index < -0.39 is 0 Å². The number of hydrogen-bond acceptors (Lipinski definition) is 3.